The summed E-state index contributed by atoms with van der Waals surface area (Å²) in [6.45, 7) is 6.16. The number of amides is 1. The first-order valence-electron chi connectivity index (χ1n) is 10.4. The van der Waals surface area contributed by atoms with E-state index in [1.54, 1.807) is 18.6 Å². The SMILES string of the molecule is Cc1cncc([C@@H]2CCCN(C(=O)c3ccc(C)c(NCc4ccncc4)c3)C2)n1. The third-order valence-electron chi connectivity index (χ3n) is 5.62. The summed E-state index contributed by atoms with van der Waals surface area (Å²) >= 11 is 0. The Hall–Kier alpha value is -3.28. The highest BCUT2D eigenvalue weighted by atomic mass is 16.2. The van der Waals surface area contributed by atoms with Crippen LogP contribution in [0.25, 0.3) is 0 Å². The molecule has 0 unspecified atom stereocenters. The third-order valence-corrected chi connectivity index (χ3v) is 5.62. The van der Waals surface area contributed by atoms with Crippen LogP contribution in [0, 0.1) is 13.8 Å². The molecular weight excluding hydrogens is 374 g/mol. The van der Waals surface area contributed by atoms with Gasteiger partial charge in [0.1, 0.15) is 0 Å². The van der Waals surface area contributed by atoms with Gasteiger partial charge >= 0.3 is 0 Å². The number of likely N-dealkylation sites (tertiary alicyclic amines) is 1. The van der Waals surface area contributed by atoms with Crippen molar-refractivity contribution in [2.75, 3.05) is 18.4 Å². The van der Waals surface area contributed by atoms with E-state index in [9.17, 15) is 4.79 Å². The Labute approximate surface area is 177 Å². The summed E-state index contributed by atoms with van der Waals surface area (Å²) in [6, 6.07) is 9.87. The van der Waals surface area contributed by atoms with Crippen LogP contribution in [0.2, 0.25) is 0 Å². The van der Waals surface area contributed by atoms with Crippen molar-refractivity contribution in [3.63, 3.8) is 0 Å². The molecule has 0 aliphatic carbocycles. The maximum absolute atomic E-state index is 13.2. The van der Waals surface area contributed by atoms with Crippen molar-refractivity contribution in [3.8, 4) is 0 Å². The number of aryl methyl sites for hydroxylation is 2. The first-order chi connectivity index (χ1) is 14.6. The first kappa shape index (κ1) is 20.0. The molecule has 3 heterocycles. The third kappa shape index (κ3) is 4.64. The van der Waals surface area contributed by atoms with E-state index in [1.165, 1.54) is 0 Å². The molecule has 1 amide bonds. The fourth-order valence-electron chi connectivity index (χ4n) is 3.91. The molecule has 1 saturated heterocycles. The number of carbonyl (C=O) groups is 1. The Bertz CT molecular complexity index is 1020. The smallest absolute Gasteiger partial charge is 0.253 e. The minimum absolute atomic E-state index is 0.0762. The van der Waals surface area contributed by atoms with Crippen molar-refractivity contribution in [2.24, 2.45) is 0 Å². The van der Waals surface area contributed by atoms with E-state index >= 15 is 0 Å². The van der Waals surface area contributed by atoms with Gasteiger partial charge in [-0.25, -0.2) is 0 Å². The number of nitrogens with zero attached hydrogens (tertiary/aromatic N) is 4. The van der Waals surface area contributed by atoms with Gasteiger partial charge in [0.15, 0.2) is 0 Å². The highest BCUT2D eigenvalue weighted by Gasteiger charge is 2.26. The molecule has 1 N–H and O–H groups in total. The molecule has 0 bridgehead atoms. The van der Waals surface area contributed by atoms with Crippen molar-refractivity contribution in [1.82, 2.24) is 19.9 Å². The van der Waals surface area contributed by atoms with Crippen molar-refractivity contribution in [3.05, 3.63) is 83.2 Å². The molecule has 6 heteroatoms. The van der Waals surface area contributed by atoms with Crippen LogP contribution in [0.3, 0.4) is 0 Å². The van der Waals surface area contributed by atoms with Crippen LogP contribution in [-0.4, -0.2) is 38.8 Å². The Morgan fingerprint density at radius 2 is 1.97 bits per heavy atom. The van der Waals surface area contributed by atoms with Crippen LogP contribution in [0.4, 0.5) is 5.69 Å². The summed E-state index contributed by atoms with van der Waals surface area (Å²) in [6.07, 6.45) is 9.19. The largest absolute Gasteiger partial charge is 0.381 e. The van der Waals surface area contributed by atoms with Crippen LogP contribution >= 0.6 is 0 Å². The molecule has 1 aromatic carbocycles. The van der Waals surface area contributed by atoms with Crippen LogP contribution in [0.1, 0.15) is 51.6 Å². The predicted octanol–water partition coefficient (Wildman–Crippen LogP) is 4.12. The summed E-state index contributed by atoms with van der Waals surface area (Å²) in [5.41, 5.74) is 5.87. The van der Waals surface area contributed by atoms with Gasteiger partial charge in [-0.15, -0.1) is 0 Å². The molecule has 1 atom stereocenters. The second-order valence-corrected chi connectivity index (χ2v) is 7.91. The van der Waals surface area contributed by atoms with E-state index in [0.29, 0.717) is 18.7 Å². The quantitative estimate of drug-likeness (QED) is 0.696. The van der Waals surface area contributed by atoms with E-state index in [2.05, 4.69) is 27.2 Å². The molecule has 1 fully saturated rings. The Morgan fingerprint density at radius 1 is 1.13 bits per heavy atom. The van der Waals surface area contributed by atoms with Gasteiger partial charge in [0.2, 0.25) is 0 Å². The molecule has 6 nitrogen and oxygen atoms in total. The minimum atomic E-state index is 0.0762. The number of pyridine rings is 1. The number of benzene rings is 1. The number of carbonyl (C=O) groups excluding carboxylic acids is 1. The van der Waals surface area contributed by atoms with Gasteiger partial charge < -0.3 is 10.2 Å². The van der Waals surface area contributed by atoms with Crippen LogP contribution < -0.4 is 5.32 Å². The van der Waals surface area contributed by atoms with E-state index in [0.717, 1.165) is 47.6 Å². The zero-order chi connectivity index (χ0) is 20.9. The number of nitrogens with one attached hydrogen (secondary N) is 1. The number of hydrogen-bond donors (Lipinski definition) is 1. The molecule has 30 heavy (non-hydrogen) atoms. The highest BCUT2D eigenvalue weighted by Crippen LogP contribution is 2.27. The topological polar surface area (TPSA) is 71.0 Å². The summed E-state index contributed by atoms with van der Waals surface area (Å²) in [7, 11) is 0. The predicted molar refractivity (Wildman–Crippen MR) is 117 cm³/mol. The zero-order valence-electron chi connectivity index (χ0n) is 17.5. The average molecular weight is 402 g/mol. The van der Waals surface area contributed by atoms with Crippen molar-refractivity contribution in [2.45, 2.75) is 39.2 Å². The van der Waals surface area contributed by atoms with Gasteiger partial charge in [0, 0.05) is 61.6 Å². The number of aromatic nitrogens is 3. The van der Waals surface area contributed by atoms with Crippen molar-refractivity contribution < 1.29 is 4.79 Å². The number of piperidine rings is 1. The summed E-state index contributed by atoms with van der Waals surface area (Å²) < 4.78 is 0. The second kappa shape index (κ2) is 9.03. The molecule has 1 aliphatic rings. The summed E-state index contributed by atoms with van der Waals surface area (Å²) in [5.74, 6) is 0.317. The molecule has 0 spiro atoms. The average Bonchev–Trinajstić information content (AvgIpc) is 2.79. The van der Waals surface area contributed by atoms with Gasteiger partial charge in [-0.2, -0.15) is 0 Å². The van der Waals surface area contributed by atoms with Gasteiger partial charge in [-0.1, -0.05) is 6.07 Å². The molecule has 0 saturated carbocycles. The fourth-order valence-corrected chi connectivity index (χ4v) is 3.91. The first-order valence-corrected chi connectivity index (χ1v) is 10.4. The number of rotatable bonds is 5. The van der Waals surface area contributed by atoms with Crippen molar-refractivity contribution >= 4 is 11.6 Å². The van der Waals surface area contributed by atoms with E-state index in [4.69, 9.17) is 0 Å². The van der Waals surface area contributed by atoms with Gasteiger partial charge in [0.05, 0.1) is 11.4 Å². The lowest BCUT2D eigenvalue weighted by molar-refractivity contribution is 0.0706. The summed E-state index contributed by atoms with van der Waals surface area (Å²) in [5, 5.41) is 3.45. The van der Waals surface area contributed by atoms with E-state index < -0.39 is 0 Å². The number of hydrogen-bond acceptors (Lipinski definition) is 5. The lowest BCUT2D eigenvalue weighted by atomic mass is 9.94. The number of anilines is 1. The van der Waals surface area contributed by atoms with Crippen LogP contribution in [0.15, 0.2) is 55.1 Å². The molecule has 4 rings (SSSR count). The Balaban J connectivity index is 1.47. The second-order valence-electron chi connectivity index (χ2n) is 7.91. The van der Waals surface area contributed by atoms with Gasteiger partial charge in [-0.3, -0.25) is 19.7 Å². The monoisotopic (exact) mass is 401 g/mol. The van der Waals surface area contributed by atoms with E-state index in [-0.39, 0.29) is 11.8 Å². The molecular formula is C24H27N5O. The van der Waals surface area contributed by atoms with Crippen molar-refractivity contribution in [1.29, 1.82) is 0 Å². The van der Waals surface area contributed by atoms with Crippen LogP contribution in [-0.2, 0) is 6.54 Å². The molecule has 3 aromatic rings. The minimum Gasteiger partial charge on any atom is -0.381 e. The molecule has 2 aromatic heterocycles. The Kier molecular flexibility index (Phi) is 6.02. The normalized spacial score (nSPS) is 16.3. The standard InChI is InChI=1S/C24H27N5O/c1-17-5-6-20(12-22(17)27-14-19-7-9-25-10-8-19)24(30)29-11-3-4-21(16-29)23-15-26-13-18(2)28-23/h5-10,12-13,15,21,27H,3-4,11,14,16H2,1-2H3/t21-/m1/s1. The fraction of sp³-hybridized carbons (Fsp3) is 0.333. The zero-order valence-corrected chi connectivity index (χ0v) is 17.5. The summed E-state index contributed by atoms with van der Waals surface area (Å²) in [4.78, 5) is 28.1. The molecule has 154 valence electrons. The molecule has 0 radical (unpaired) electrons. The van der Waals surface area contributed by atoms with E-state index in [1.807, 2.05) is 48.4 Å². The maximum Gasteiger partial charge on any atom is 0.253 e. The molecule has 1 aliphatic heterocycles. The van der Waals surface area contributed by atoms with Gasteiger partial charge in [0.25, 0.3) is 5.91 Å². The Morgan fingerprint density at radius 3 is 2.77 bits per heavy atom. The maximum atomic E-state index is 13.2. The lowest BCUT2D eigenvalue weighted by Gasteiger charge is -2.32. The highest BCUT2D eigenvalue weighted by molar-refractivity contribution is 5.95. The van der Waals surface area contributed by atoms with Gasteiger partial charge in [-0.05, 0) is 62.1 Å². The lowest BCUT2D eigenvalue weighted by Crippen LogP contribution is -2.39. The van der Waals surface area contributed by atoms with Crippen LogP contribution in [0.5, 0.6) is 0 Å².